The SMILES string of the molecule is Cc1noc(C(C)C)c1NC(=O)N1CCCCC1C1(CN)CCC1. The fourth-order valence-electron chi connectivity index (χ4n) is 4.23. The molecule has 134 valence electrons. The van der Waals surface area contributed by atoms with Crippen molar-refractivity contribution in [3.63, 3.8) is 0 Å². The zero-order chi connectivity index (χ0) is 17.3. The van der Waals surface area contributed by atoms with E-state index in [1.165, 1.54) is 12.8 Å². The highest BCUT2D eigenvalue weighted by molar-refractivity contribution is 5.91. The lowest BCUT2D eigenvalue weighted by Crippen LogP contribution is -2.59. The second-order valence-electron chi connectivity index (χ2n) is 7.72. The molecule has 1 unspecified atom stereocenters. The molecule has 0 spiro atoms. The molecule has 1 saturated heterocycles. The first kappa shape index (κ1) is 17.3. The monoisotopic (exact) mass is 334 g/mol. The van der Waals surface area contributed by atoms with Crippen molar-refractivity contribution in [3.8, 4) is 0 Å². The summed E-state index contributed by atoms with van der Waals surface area (Å²) in [6.07, 6.45) is 6.81. The van der Waals surface area contributed by atoms with Crippen molar-refractivity contribution in [1.82, 2.24) is 10.1 Å². The maximum atomic E-state index is 13.0. The van der Waals surface area contributed by atoms with Gasteiger partial charge in [0.25, 0.3) is 0 Å². The summed E-state index contributed by atoms with van der Waals surface area (Å²) < 4.78 is 5.39. The highest BCUT2D eigenvalue weighted by Gasteiger charge is 2.47. The molecule has 6 nitrogen and oxygen atoms in total. The number of aryl methyl sites for hydroxylation is 1. The normalized spacial score (nSPS) is 23.2. The van der Waals surface area contributed by atoms with Crippen LogP contribution in [0.15, 0.2) is 4.52 Å². The van der Waals surface area contributed by atoms with Crippen molar-refractivity contribution in [2.45, 2.75) is 71.3 Å². The molecular formula is C18H30N4O2. The van der Waals surface area contributed by atoms with Gasteiger partial charge in [-0.05, 0) is 45.6 Å². The minimum absolute atomic E-state index is 0.0346. The molecule has 1 aliphatic heterocycles. The van der Waals surface area contributed by atoms with Gasteiger partial charge in [-0.2, -0.15) is 0 Å². The number of nitrogens with one attached hydrogen (secondary N) is 1. The first-order chi connectivity index (χ1) is 11.5. The molecule has 2 heterocycles. The number of likely N-dealkylation sites (tertiary alicyclic amines) is 1. The molecule has 1 atom stereocenters. The summed E-state index contributed by atoms with van der Waals surface area (Å²) in [4.78, 5) is 15.0. The number of rotatable bonds is 4. The average molecular weight is 334 g/mol. The summed E-state index contributed by atoms with van der Waals surface area (Å²) in [7, 11) is 0. The number of carbonyl (C=O) groups excluding carboxylic acids is 1. The first-order valence-electron chi connectivity index (χ1n) is 9.22. The molecule has 2 amide bonds. The van der Waals surface area contributed by atoms with Gasteiger partial charge >= 0.3 is 6.03 Å². The van der Waals surface area contributed by atoms with Gasteiger partial charge in [0.15, 0.2) is 5.76 Å². The van der Waals surface area contributed by atoms with Gasteiger partial charge in [0.2, 0.25) is 0 Å². The lowest BCUT2D eigenvalue weighted by atomic mass is 9.62. The molecule has 1 aromatic heterocycles. The molecule has 0 radical (unpaired) electrons. The number of carbonyl (C=O) groups is 1. The standard InChI is InChI=1S/C18H30N4O2/c1-12(2)16-15(13(3)21-24-16)20-17(23)22-10-5-4-7-14(22)18(11-19)8-6-9-18/h12,14H,4-11,19H2,1-3H3,(H,20,23). The number of nitrogens with zero attached hydrogens (tertiary/aromatic N) is 2. The number of hydrogen-bond acceptors (Lipinski definition) is 4. The Balaban J connectivity index is 1.79. The molecule has 0 bridgehead atoms. The van der Waals surface area contributed by atoms with Crippen LogP contribution in [0.4, 0.5) is 10.5 Å². The lowest BCUT2D eigenvalue weighted by molar-refractivity contribution is 0.00733. The van der Waals surface area contributed by atoms with E-state index in [2.05, 4.69) is 10.5 Å². The molecule has 2 aliphatic rings. The van der Waals surface area contributed by atoms with Gasteiger partial charge in [0.05, 0.1) is 0 Å². The van der Waals surface area contributed by atoms with E-state index in [1.54, 1.807) is 0 Å². The molecule has 0 aromatic carbocycles. The Kier molecular flexibility index (Phi) is 4.85. The van der Waals surface area contributed by atoms with Gasteiger partial charge in [0, 0.05) is 23.9 Å². The Morgan fingerprint density at radius 3 is 2.75 bits per heavy atom. The third-order valence-electron chi connectivity index (χ3n) is 5.87. The van der Waals surface area contributed by atoms with Crippen LogP contribution in [-0.4, -0.2) is 35.2 Å². The summed E-state index contributed by atoms with van der Waals surface area (Å²) >= 11 is 0. The third kappa shape index (κ3) is 2.92. The third-order valence-corrected chi connectivity index (χ3v) is 5.87. The quantitative estimate of drug-likeness (QED) is 0.880. The molecule has 3 rings (SSSR count). The number of urea groups is 1. The van der Waals surface area contributed by atoms with Crippen LogP contribution >= 0.6 is 0 Å². The number of piperidine rings is 1. The van der Waals surface area contributed by atoms with Crippen LogP contribution in [0.2, 0.25) is 0 Å². The van der Waals surface area contributed by atoms with Crippen LogP contribution in [0.25, 0.3) is 0 Å². The van der Waals surface area contributed by atoms with E-state index in [0.29, 0.717) is 6.54 Å². The van der Waals surface area contributed by atoms with E-state index < -0.39 is 0 Å². The summed E-state index contributed by atoms with van der Waals surface area (Å²) in [5.41, 5.74) is 7.70. The van der Waals surface area contributed by atoms with Crippen LogP contribution in [-0.2, 0) is 0 Å². The highest BCUT2D eigenvalue weighted by Crippen LogP contribution is 2.47. The summed E-state index contributed by atoms with van der Waals surface area (Å²) in [5, 5.41) is 7.09. The van der Waals surface area contributed by atoms with Gasteiger partial charge in [-0.3, -0.25) is 0 Å². The maximum absolute atomic E-state index is 13.0. The smallest absolute Gasteiger partial charge is 0.322 e. The van der Waals surface area contributed by atoms with Crippen molar-refractivity contribution in [1.29, 1.82) is 0 Å². The minimum atomic E-state index is -0.0346. The second-order valence-corrected chi connectivity index (χ2v) is 7.72. The average Bonchev–Trinajstić information content (AvgIpc) is 2.88. The molecule has 3 N–H and O–H groups in total. The fraction of sp³-hybridized carbons (Fsp3) is 0.778. The van der Waals surface area contributed by atoms with Crippen molar-refractivity contribution >= 4 is 11.7 Å². The zero-order valence-electron chi connectivity index (χ0n) is 15.1. The number of aromatic nitrogens is 1. The number of amides is 2. The van der Waals surface area contributed by atoms with E-state index in [4.69, 9.17) is 10.3 Å². The van der Waals surface area contributed by atoms with E-state index in [9.17, 15) is 4.79 Å². The zero-order valence-corrected chi connectivity index (χ0v) is 15.1. The molecule has 24 heavy (non-hydrogen) atoms. The number of nitrogens with two attached hydrogens (primary N) is 1. The fourth-order valence-corrected chi connectivity index (χ4v) is 4.23. The van der Waals surface area contributed by atoms with Crippen molar-refractivity contribution in [2.75, 3.05) is 18.4 Å². The highest BCUT2D eigenvalue weighted by atomic mass is 16.5. The van der Waals surface area contributed by atoms with Crippen molar-refractivity contribution in [3.05, 3.63) is 11.5 Å². The molecule has 1 aromatic rings. The Morgan fingerprint density at radius 1 is 1.42 bits per heavy atom. The van der Waals surface area contributed by atoms with E-state index in [1.807, 2.05) is 25.7 Å². The van der Waals surface area contributed by atoms with E-state index in [-0.39, 0.29) is 23.4 Å². The molecule has 1 saturated carbocycles. The lowest BCUT2D eigenvalue weighted by Gasteiger charge is -2.53. The maximum Gasteiger partial charge on any atom is 0.322 e. The Bertz CT molecular complexity index is 586. The van der Waals surface area contributed by atoms with Crippen molar-refractivity contribution in [2.24, 2.45) is 11.1 Å². The topological polar surface area (TPSA) is 84.4 Å². The Labute approximate surface area is 144 Å². The van der Waals surface area contributed by atoms with Crippen molar-refractivity contribution < 1.29 is 9.32 Å². The summed E-state index contributed by atoms with van der Waals surface area (Å²) in [6.45, 7) is 7.42. The number of anilines is 1. The Morgan fingerprint density at radius 2 is 2.17 bits per heavy atom. The summed E-state index contributed by atoms with van der Waals surface area (Å²) in [6, 6.07) is 0.222. The first-order valence-corrected chi connectivity index (χ1v) is 9.22. The van der Waals surface area contributed by atoms with Gasteiger partial charge in [-0.15, -0.1) is 0 Å². The predicted octanol–water partition coefficient (Wildman–Crippen LogP) is 3.62. The summed E-state index contributed by atoms with van der Waals surface area (Å²) in [5.74, 6) is 0.923. The van der Waals surface area contributed by atoms with Gasteiger partial charge in [-0.25, -0.2) is 4.79 Å². The van der Waals surface area contributed by atoms with Crippen LogP contribution in [0.5, 0.6) is 0 Å². The Hall–Kier alpha value is -1.56. The van der Waals surface area contributed by atoms with Gasteiger partial charge < -0.3 is 20.5 Å². The predicted molar refractivity (Wildman–Crippen MR) is 94.0 cm³/mol. The van der Waals surface area contributed by atoms with E-state index in [0.717, 1.165) is 49.4 Å². The second kappa shape index (κ2) is 6.75. The van der Waals surface area contributed by atoms with Crippen LogP contribution < -0.4 is 11.1 Å². The van der Waals surface area contributed by atoms with Crippen LogP contribution in [0, 0.1) is 12.3 Å². The van der Waals surface area contributed by atoms with Crippen LogP contribution in [0.3, 0.4) is 0 Å². The van der Waals surface area contributed by atoms with Gasteiger partial charge in [0.1, 0.15) is 11.4 Å². The van der Waals surface area contributed by atoms with E-state index >= 15 is 0 Å². The van der Waals surface area contributed by atoms with Crippen LogP contribution in [0.1, 0.15) is 69.7 Å². The molecular weight excluding hydrogens is 304 g/mol. The largest absolute Gasteiger partial charge is 0.359 e. The molecule has 1 aliphatic carbocycles. The molecule has 2 fully saturated rings. The molecule has 6 heteroatoms. The number of hydrogen-bond donors (Lipinski definition) is 2. The van der Waals surface area contributed by atoms with Gasteiger partial charge in [-0.1, -0.05) is 25.4 Å². The minimum Gasteiger partial charge on any atom is -0.359 e.